The standard InChI is InChI=1S/C16H22N2O2/c1-5-14-15(19)17-12(4)16(20)18(14)9-13-8-10(2)6-7-11(13)3/h6-8,12,14H,5,9H2,1-4H3,(H,17,19). The number of aryl methyl sites for hydroxylation is 2. The normalized spacial score (nSPS) is 22.9. The van der Waals surface area contributed by atoms with Crippen LogP contribution in [0, 0.1) is 13.8 Å². The topological polar surface area (TPSA) is 49.4 Å². The Labute approximate surface area is 120 Å². The zero-order valence-electron chi connectivity index (χ0n) is 12.6. The summed E-state index contributed by atoms with van der Waals surface area (Å²) in [4.78, 5) is 26.1. The number of hydrogen-bond acceptors (Lipinski definition) is 2. The predicted molar refractivity (Wildman–Crippen MR) is 78.1 cm³/mol. The van der Waals surface area contributed by atoms with Crippen LogP contribution in [-0.2, 0) is 16.1 Å². The maximum atomic E-state index is 12.4. The van der Waals surface area contributed by atoms with Crippen molar-refractivity contribution < 1.29 is 9.59 Å². The van der Waals surface area contributed by atoms with Gasteiger partial charge in [-0.05, 0) is 38.3 Å². The SMILES string of the molecule is CCC1C(=O)NC(C)C(=O)N1Cc1cc(C)ccc1C. The van der Waals surface area contributed by atoms with E-state index in [1.165, 1.54) is 5.56 Å². The minimum atomic E-state index is -0.435. The van der Waals surface area contributed by atoms with Crippen molar-refractivity contribution in [1.29, 1.82) is 0 Å². The van der Waals surface area contributed by atoms with Gasteiger partial charge in [-0.1, -0.05) is 30.7 Å². The third kappa shape index (κ3) is 2.69. The van der Waals surface area contributed by atoms with Gasteiger partial charge in [-0.2, -0.15) is 0 Å². The molecule has 2 unspecified atom stereocenters. The van der Waals surface area contributed by atoms with Gasteiger partial charge in [0.25, 0.3) is 0 Å². The molecule has 1 aliphatic heterocycles. The molecule has 4 heteroatoms. The minimum Gasteiger partial charge on any atom is -0.343 e. The Hall–Kier alpha value is -1.84. The Morgan fingerprint density at radius 2 is 1.95 bits per heavy atom. The smallest absolute Gasteiger partial charge is 0.245 e. The van der Waals surface area contributed by atoms with Crippen LogP contribution in [0.1, 0.15) is 37.0 Å². The summed E-state index contributed by atoms with van der Waals surface area (Å²) in [7, 11) is 0. The molecule has 1 fully saturated rings. The molecule has 1 saturated heterocycles. The highest BCUT2D eigenvalue weighted by molar-refractivity contribution is 5.96. The van der Waals surface area contributed by atoms with Crippen LogP contribution in [0.5, 0.6) is 0 Å². The van der Waals surface area contributed by atoms with Crippen LogP contribution in [0.25, 0.3) is 0 Å². The van der Waals surface area contributed by atoms with Gasteiger partial charge in [-0.25, -0.2) is 0 Å². The first-order valence-corrected chi connectivity index (χ1v) is 7.11. The largest absolute Gasteiger partial charge is 0.343 e. The monoisotopic (exact) mass is 274 g/mol. The van der Waals surface area contributed by atoms with Gasteiger partial charge < -0.3 is 10.2 Å². The number of carbonyl (C=O) groups is 2. The Morgan fingerprint density at radius 1 is 1.25 bits per heavy atom. The second-order valence-electron chi connectivity index (χ2n) is 5.55. The molecule has 108 valence electrons. The lowest BCUT2D eigenvalue weighted by Gasteiger charge is -2.37. The van der Waals surface area contributed by atoms with Gasteiger partial charge in [-0.3, -0.25) is 9.59 Å². The first kappa shape index (κ1) is 14.6. The van der Waals surface area contributed by atoms with Crippen molar-refractivity contribution in [2.45, 2.75) is 52.7 Å². The van der Waals surface area contributed by atoms with Gasteiger partial charge in [0.2, 0.25) is 11.8 Å². The molecule has 2 atom stereocenters. The van der Waals surface area contributed by atoms with Gasteiger partial charge in [0.05, 0.1) is 0 Å². The molecule has 0 spiro atoms. The van der Waals surface area contributed by atoms with E-state index in [1.54, 1.807) is 11.8 Å². The molecule has 1 aromatic carbocycles. The fourth-order valence-corrected chi connectivity index (χ4v) is 2.66. The van der Waals surface area contributed by atoms with E-state index in [4.69, 9.17) is 0 Å². The molecule has 1 aliphatic rings. The van der Waals surface area contributed by atoms with Gasteiger partial charge >= 0.3 is 0 Å². The zero-order valence-corrected chi connectivity index (χ0v) is 12.6. The van der Waals surface area contributed by atoms with Gasteiger partial charge in [-0.15, -0.1) is 0 Å². The Morgan fingerprint density at radius 3 is 2.60 bits per heavy atom. The highest BCUT2D eigenvalue weighted by Gasteiger charge is 2.37. The van der Waals surface area contributed by atoms with E-state index < -0.39 is 6.04 Å². The van der Waals surface area contributed by atoms with Crippen molar-refractivity contribution in [3.05, 3.63) is 34.9 Å². The lowest BCUT2D eigenvalue weighted by molar-refractivity contribution is -0.149. The molecular formula is C16H22N2O2. The summed E-state index contributed by atoms with van der Waals surface area (Å²) in [6, 6.07) is 5.41. The molecule has 1 N–H and O–H groups in total. The van der Waals surface area contributed by atoms with Crippen LogP contribution >= 0.6 is 0 Å². The van der Waals surface area contributed by atoms with E-state index in [9.17, 15) is 9.59 Å². The summed E-state index contributed by atoms with van der Waals surface area (Å²) in [6.07, 6.45) is 0.634. The number of amides is 2. The summed E-state index contributed by atoms with van der Waals surface area (Å²) in [5.41, 5.74) is 3.43. The van der Waals surface area contributed by atoms with Crippen LogP contribution in [0.3, 0.4) is 0 Å². The molecule has 1 heterocycles. The van der Waals surface area contributed by atoms with Crippen LogP contribution in [0.4, 0.5) is 0 Å². The Balaban J connectivity index is 2.30. The first-order chi connectivity index (χ1) is 9.43. The molecule has 0 aliphatic carbocycles. The second kappa shape index (κ2) is 5.65. The van der Waals surface area contributed by atoms with Crippen molar-refractivity contribution in [3.63, 3.8) is 0 Å². The predicted octanol–water partition coefficient (Wildman–Crippen LogP) is 1.93. The molecule has 0 aromatic heterocycles. The van der Waals surface area contributed by atoms with Gasteiger partial charge in [0, 0.05) is 6.54 Å². The van der Waals surface area contributed by atoms with Gasteiger partial charge in [0.1, 0.15) is 12.1 Å². The number of piperazine rings is 1. The van der Waals surface area contributed by atoms with Crippen molar-refractivity contribution in [3.8, 4) is 0 Å². The van der Waals surface area contributed by atoms with Crippen LogP contribution in [-0.4, -0.2) is 28.8 Å². The van der Waals surface area contributed by atoms with E-state index in [1.807, 2.05) is 20.8 Å². The summed E-state index contributed by atoms with van der Waals surface area (Å²) in [6.45, 7) is 8.25. The third-order valence-corrected chi connectivity index (χ3v) is 3.92. The van der Waals surface area contributed by atoms with Crippen molar-refractivity contribution in [1.82, 2.24) is 10.2 Å². The summed E-state index contributed by atoms with van der Waals surface area (Å²) >= 11 is 0. The fourth-order valence-electron chi connectivity index (χ4n) is 2.66. The van der Waals surface area contributed by atoms with Crippen molar-refractivity contribution >= 4 is 11.8 Å². The first-order valence-electron chi connectivity index (χ1n) is 7.11. The average molecular weight is 274 g/mol. The van der Waals surface area contributed by atoms with Crippen molar-refractivity contribution in [2.75, 3.05) is 0 Å². The quantitative estimate of drug-likeness (QED) is 0.915. The highest BCUT2D eigenvalue weighted by Crippen LogP contribution is 2.19. The molecular weight excluding hydrogens is 252 g/mol. The maximum Gasteiger partial charge on any atom is 0.245 e. The molecule has 1 aromatic rings. The maximum absolute atomic E-state index is 12.4. The second-order valence-corrected chi connectivity index (χ2v) is 5.55. The minimum absolute atomic E-state index is 0.00245. The molecule has 20 heavy (non-hydrogen) atoms. The fraction of sp³-hybridized carbons (Fsp3) is 0.500. The number of nitrogens with zero attached hydrogens (tertiary/aromatic N) is 1. The van der Waals surface area contributed by atoms with Gasteiger partial charge in [0.15, 0.2) is 0 Å². The number of rotatable bonds is 3. The van der Waals surface area contributed by atoms with E-state index in [0.717, 1.165) is 11.1 Å². The van der Waals surface area contributed by atoms with E-state index in [0.29, 0.717) is 13.0 Å². The van der Waals surface area contributed by atoms with Crippen LogP contribution < -0.4 is 5.32 Å². The number of carbonyl (C=O) groups excluding carboxylic acids is 2. The Kier molecular flexibility index (Phi) is 4.12. The summed E-state index contributed by atoms with van der Waals surface area (Å²) in [5, 5.41) is 2.74. The number of nitrogens with one attached hydrogen (secondary N) is 1. The lowest BCUT2D eigenvalue weighted by atomic mass is 10.0. The Bertz CT molecular complexity index is 539. The molecule has 0 radical (unpaired) electrons. The summed E-state index contributed by atoms with van der Waals surface area (Å²) < 4.78 is 0. The third-order valence-electron chi connectivity index (χ3n) is 3.92. The van der Waals surface area contributed by atoms with E-state index >= 15 is 0 Å². The number of benzene rings is 1. The van der Waals surface area contributed by atoms with Crippen molar-refractivity contribution in [2.24, 2.45) is 0 Å². The zero-order chi connectivity index (χ0) is 14.9. The molecule has 4 nitrogen and oxygen atoms in total. The average Bonchev–Trinajstić information content (AvgIpc) is 2.40. The number of hydrogen-bond donors (Lipinski definition) is 1. The molecule has 2 amide bonds. The molecule has 0 saturated carbocycles. The summed E-state index contributed by atoms with van der Waals surface area (Å²) in [5.74, 6) is -0.0535. The highest BCUT2D eigenvalue weighted by atomic mass is 16.2. The van der Waals surface area contributed by atoms with E-state index in [-0.39, 0.29) is 17.9 Å². The van der Waals surface area contributed by atoms with E-state index in [2.05, 4.69) is 23.5 Å². The van der Waals surface area contributed by atoms with Crippen LogP contribution in [0.2, 0.25) is 0 Å². The van der Waals surface area contributed by atoms with Crippen LogP contribution in [0.15, 0.2) is 18.2 Å². The lowest BCUT2D eigenvalue weighted by Crippen LogP contribution is -2.61. The molecule has 0 bridgehead atoms. The molecule has 2 rings (SSSR count).